The zero-order chi connectivity index (χ0) is 21.3. The number of hydrogen-bond acceptors (Lipinski definition) is 8. The average molecular weight is 422 g/mol. The highest BCUT2D eigenvalue weighted by Gasteiger charge is 2.48. The van der Waals surface area contributed by atoms with Crippen LogP contribution in [0.15, 0.2) is 54.4 Å². The molecule has 4 rings (SSSR count). The third-order valence-corrected chi connectivity index (χ3v) is 5.44. The van der Waals surface area contributed by atoms with Gasteiger partial charge in [0.05, 0.1) is 18.2 Å². The Bertz CT molecular complexity index is 1140. The van der Waals surface area contributed by atoms with Crippen molar-refractivity contribution in [2.75, 3.05) is 11.5 Å². The smallest absolute Gasteiger partial charge is 0.301 e. The molecule has 1 unspecified atom stereocenters. The molecule has 1 saturated heterocycles. The van der Waals surface area contributed by atoms with Crippen molar-refractivity contribution in [1.29, 1.82) is 0 Å². The lowest BCUT2D eigenvalue weighted by molar-refractivity contribution is -0.132. The van der Waals surface area contributed by atoms with Crippen molar-refractivity contribution in [2.45, 2.75) is 19.9 Å². The number of ether oxygens (including phenoxy) is 1. The van der Waals surface area contributed by atoms with Crippen LogP contribution in [-0.4, -0.2) is 38.6 Å². The third kappa shape index (κ3) is 3.43. The van der Waals surface area contributed by atoms with Gasteiger partial charge in [-0.05, 0) is 43.7 Å². The van der Waals surface area contributed by atoms with E-state index in [0.29, 0.717) is 28.5 Å². The zero-order valence-electron chi connectivity index (χ0n) is 16.3. The molecule has 1 aliphatic rings. The molecule has 9 heteroatoms. The molecule has 2 aromatic heterocycles. The topological polar surface area (TPSA) is 106 Å². The van der Waals surface area contributed by atoms with E-state index in [0.717, 1.165) is 0 Å². The van der Waals surface area contributed by atoms with Gasteiger partial charge in [-0.15, -0.1) is 10.2 Å². The molecule has 1 atom stereocenters. The van der Waals surface area contributed by atoms with Gasteiger partial charge in [0, 0.05) is 18.0 Å². The Morgan fingerprint density at radius 2 is 1.97 bits per heavy atom. The van der Waals surface area contributed by atoms with Gasteiger partial charge in [0.15, 0.2) is 0 Å². The fourth-order valence-electron chi connectivity index (χ4n) is 3.34. The van der Waals surface area contributed by atoms with E-state index < -0.39 is 17.7 Å². The number of amides is 1. The second-order valence-corrected chi connectivity index (χ2v) is 7.67. The summed E-state index contributed by atoms with van der Waals surface area (Å²) in [5.41, 5.74) is 0.985. The van der Waals surface area contributed by atoms with Gasteiger partial charge in [0.25, 0.3) is 5.78 Å². The maximum absolute atomic E-state index is 13.0. The highest BCUT2D eigenvalue weighted by Crippen LogP contribution is 2.43. The number of carbonyl (C=O) groups excluding carboxylic acids is 2. The fourth-order valence-corrected chi connectivity index (χ4v) is 4.05. The molecule has 30 heavy (non-hydrogen) atoms. The first kappa shape index (κ1) is 19.7. The quantitative estimate of drug-likeness (QED) is 0.382. The van der Waals surface area contributed by atoms with Crippen LogP contribution in [0.1, 0.15) is 29.1 Å². The summed E-state index contributed by atoms with van der Waals surface area (Å²) in [4.78, 5) is 31.2. The van der Waals surface area contributed by atoms with Gasteiger partial charge in [-0.3, -0.25) is 19.5 Å². The Kier molecular flexibility index (Phi) is 5.28. The number of aryl methyl sites for hydroxylation is 1. The first-order chi connectivity index (χ1) is 14.5. The van der Waals surface area contributed by atoms with E-state index in [-0.39, 0.29) is 16.5 Å². The highest BCUT2D eigenvalue weighted by atomic mass is 32.1. The van der Waals surface area contributed by atoms with Crippen LogP contribution in [-0.2, 0) is 9.59 Å². The Morgan fingerprint density at radius 3 is 2.63 bits per heavy atom. The van der Waals surface area contributed by atoms with Gasteiger partial charge in [0.2, 0.25) is 5.13 Å². The number of nitrogens with zero attached hydrogens (tertiary/aromatic N) is 4. The number of pyridine rings is 1. The predicted octanol–water partition coefficient (Wildman–Crippen LogP) is 3.27. The Hall–Kier alpha value is -3.59. The Morgan fingerprint density at radius 1 is 1.20 bits per heavy atom. The monoisotopic (exact) mass is 422 g/mol. The number of hydrogen-bond donors (Lipinski definition) is 1. The van der Waals surface area contributed by atoms with E-state index >= 15 is 0 Å². The molecule has 1 N–H and O–H groups in total. The van der Waals surface area contributed by atoms with Crippen LogP contribution in [0.5, 0.6) is 5.75 Å². The van der Waals surface area contributed by atoms with E-state index in [9.17, 15) is 14.7 Å². The number of aliphatic hydroxyl groups is 1. The standard InChI is InChI=1S/C21H18N4O4S/c1-3-29-15-6-4-5-14(11-15)17-16(18(26)13-7-9-22-10-8-13)19(27)20(28)25(17)21-24-23-12(2)30-21/h4-11,17,26H,3H2,1-2H3/b18-16+. The summed E-state index contributed by atoms with van der Waals surface area (Å²) in [6.07, 6.45) is 3.01. The maximum atomic E-state index is 13.0. The molecule has 0 saturated carbocycles. The lowest BCUT2D eigenvalue weighted by Crippen LogP contribution is -2.29. The van der Waals surface area contributed by atoms with Crippen LogP contribution in [0.2, 0.25) is 0 Å². The number of ketones is 1. The van der Waals surface area contributed by atoms with Crippen molar-refractivity contribution in [3.63, 3.8) is 0 Å². The number of anilines is 1. The number of carbonyl (C=O) groups is 2. The van der Waals surface area contributed by atoms with Crippen molar-refractivity contribution in [1.82, 2.24) is 15.2 Å². The zero-order valence-corrected chi connectivity index (χ0v) is 17.1. The second-order valence-electron chi connectivity index (χ2n) is 6.51. The second kappa shape index (κ2) is 8.03. The van der Waals surface area contributed by atoms with Crippen LogP contribution in [0.3, 0.4) is 0 Å². The molecular weight excluding hydrogens is 404 g/mol. The van der Waals surface area contributed by atoms with Crippen molar-refractivity contribution >= 4 is 33.9 Å². The minimum Gasteiger partial charge on any atom is -0.507 e. The normalized spacial score (nSPS) is 18.1. The largest absolute Gasteiger partial charge is 0.507 e. The average Bonchev–Trinajstić information content (AvgIpc) is 3.29. The van der Waals surface area contributed by atoms with Crippen LogP contribution in [0, 0.1) is 6.92 Å². The molecular formula is C21H18N4O4S. The Labute approximate surface area is 176 Å². The van der Waals surface area contributed by atoms with Gasteiger partial charge in [-0.2, -0.15) is 0 Å². The number of rotatable bonds is 5. The van der Waals surface area contributed by atoms with Crippen LogP contribution in [0.25, 0.3) is 5.76 Å². The molecule has 0 aliphatic carbocycles. The highest BCUT2D eigenvalue weighted by molar-refractivity contribution is 7.15. The van der Waals surface area contributed by atoms with Crippen LogP contribution >= 0.6 is 11.3 Å². The first-order valence-corrected chi connectivity index (χ1v) is 10.1. The minimum absolute atomic E-state index is 0.0206. The number of aliphatic hydroxyl groups excluding tert-OH is 1. The number of benzene rings is 1. The molecule has 0 bridgehead atoms. The fraction of sp³-hybridized carbons (Fsp3) is 0.190. The summed E-state index contributed by atoms with van der Waals surface area (Å²) in [6.45, 7) is 4.10. The maximum Gasteiger partial charge on any atom is 0.301 e. The van der Waals surface area contributed by atoms with Gasteiger partial charge < -0.3 is 9.84 Å². The molecule has 1 aromatic carbocycles. The molecule has 3 aromatic rings. The lowest BCUT2D eigenvalue weighted by Gasteiger charge is -2.23. The summed E-state index contributed by atoms with van der Waals surface area (Å²) in [5.74, 6) is -1.23. The molecule has 1 aliphatic heterocycles. The lowest BCUT2D eigenvalue weighted by atomic mass is 9.95. The molecule has 1 fully saturated rings. The van der Waals surface area contributed by atoms with Gasteiger partial charge >= 0.3 is 5.91 Å². The predicted molar refractivity (Wildman–Crippen MR) is 111 cm³/mol. The summed E-state index contributed by atoms with van der Waals surface area (Å²) >= 11 is 1.20. The van der Waals surface area contributed by atoms with E-state index in [1.807, 2.05) is 6.92 Å². The number of Topliss-reactive ketones (excluding diaryl/α,β-unsaturated/α-hetero) is 1. The molecule has 8 nitrogen and oxygen atoms in total. The van der Waals surface area contributed by atoms with E-state index in [2.05, 4.69) is 15.2 Å². The van der Waals surface area contributed by atoms with Gasteiger partial charge in [-0.25, -0.2) is 0 Å². The van der Waals surface area contributed by atoms with E-state index in [1.54, 1.807) is 43.3 Å². The Balaban J connectivity index is 1.93. The van der Waals surface area contributed by atoms with E-state index in [1.165, 1.54) is 28.6 Å². The summed E-state index contributed by atoms with van der Waals surface area (Å²) in [7, 11) is 0. The van der Waals surface area contributed by atoms with Crippen molar-refractivity contribution in [2.24, 2.45) is 0 Å². The first-order valence-electron chi connectivity index (χ1n) is 9.25. The number of aromatic nitrogens is 3. The van der Waals surface area contributed by atoms with E-state index in [4.69, 9.17) is 4.74 Å². The molecule has 1 amide bonds. The molecule has 152 valence electrons. The molecule has 3 heterocycles. The third-order valence-electron chi connectivity index (χ3n) is 4.60. The molecule has 0 radical (unpaired) electrons. The summed E-state index contributed by atoms with van der Waals surface area (Å²) in [5, 5.41) is 19.9. The van der Waals surface area contributed by atoms with Crippen molar-refractivity contribution in [3.05, 3.63) is 70.5 Å². The summed E-state index contributed by atoms with van der Waals surface area (Å²) in [6, 6.07) is 9.37. The SMILES string of the molecule is CCOc1cccc(C2/C(=C(\O)c3ccncc3)C(=O)C(=O)N2c2nnc(C)s2)c1. The van der Waals surface area contributed by atoms with Gasteiger partial charge in [0.1, 0.15) is 16.5 Å². The van der Waals surface area contributed by atoms with Crippen molar-refractivity contribution < 1.29 is 19.4 Å². The van der Waals surface area contributed by atoms with Crippen LogP contribution < -0.4 is 9.64 Å². The van der Waals surface area contributed by atoms with Gasteiger partial charge in [-0.1, -0.05) is 23.5 Å². The minimum atomic E-state index is -0.870. The summed E-state index contributed by atoms with van der Waals surface area (Å²) < 4.78 is 5.58. The van der Waals surface area contributed by atoms with Crippen molar-refractivity contribution in [3.8, 4) is 5.75 Å². The van der Waals surface area contributed by atoms with Crippen LogP contribution in [0.4, 0.5) is 5.13 Å². The molecule has 0 spiro atoms.